The Labute approximate surface area is 143 Å². The van der Waals surface area contributed by atoms with Gasteiger partial charge in [0.15, 0.2) is 23.1 Å². The molecule has 1 N–H and O–H groups in total. The van der Waals surface area contributed by atoms with E-state index in [4.69, 9.17) is 14.2 Å². The van der Waals surface area contributed by atoms with Crippen molar-refractivity contribution in [3.63, 3.8) is 0 Å². The highest BCUT2D eigenvalue weighted by Gasteiger charge is 2.12. The second-order valence-electron chi connectivity index (χ2n) is 4.88. The molecule has 2 aromatic carbocycles. The highest BCUT2D eigenvalue weighted by atomic mass is 19.2. The Balaban J connectivity index is 2.21. The molecule has 2 rings (SSSR count). The summed E-state index contributed by atoms with van der Waals surface area (Å²) in [6.45, 7) is 0. The predicted octanol–water partition coefficient (Wildman–Crippen LogP) is 3.64. The van der Waals surface area contributed by atoms with Gasteiger partial charge < -0.3 is 19.5 Å². The van der Waals surface area contributed by atoms with Crippen LogP contribution in [0.4, 0.5) is 14.5 Å². The van der Waals surface area contributed by atoms with Gasteiger partial charge in [0.1, 0.15) is 0 Å². The Morgan fingerprint density at radius 2 is 1.68 bits per heavy atom. The minimum Gasteiger partial charge on any atom is -0.493 e. The van der Waals surface area contributed by atoms with E-state index in [1.54, 1.807) is 12.1 Å². The molecule has 1 amide bonds. The van der Waals surface area contributed by atoms with Crippen LogP contribution in [0.25, 0.3) is 6.08 Å². The Kier molecular flexibility index (Phi) is 5.94. The lowest BCUT2D eigenvalue weighted by molar-refractivity contribution is -0.111. The van der Waals surface area contributed by atoms with Gasteiger partial charge in [-0.1, -0.05) is 6.07 Å². The van der Waals surface area contributed by atoms with Gasteiger partial charge in [0.25, 0.3) is 0 Å². The van der Waals surface area contributed by atoms with Crippen molar-refractivity contribution in [3.05, 3.63) is 53.6 Å². The van der Waals surface area contributed by atoms with Crippen molar-refractivity contribution in [2.75, 3.05) is 26.6 Å². The number of carbonyl (C=O) groups excluding carboxylic acids is 1. The number of hydrogen-bond donors (Lipinski definition) is 1. The summed E-state index contributed by atoms with van der Waals surface area (Å²) in [5.41, 5.74) is 0.365. The lowest BCUT2D eigenvalue weighted by Crippen LogP contribution is -2.09. The Hall–Kier alpha value is -3.09. The molecule has 0 atom stereocenters. The van der Waals surface area contributed by atoms with E-state index in [0.29, 0.717) is 22.8 Å². The fourth-order valence-electron chi connectivity index (χ4n) is 2.14. The maximum Gasteiger partial charge on any atom is 0.248 e. The van der Waals surface area contributed by atoms with Gasteiger partial charge in [0.2, 0.25) is 11.7 Å². The molecule has 0 aliphatic carbocycles. The first-order valence-electron chi connectivity index (χ1n) is 7.23. The van der Waals surface area contributed by atoms with Gasteiger partial charge in [-0.3, -0.25) is 4.79 Å². The van der Waals surface area contributed by atoms with Gasteiger partial charge in [0, 0.05) is 6.08 Å². The molecular weight excluding hydrogens is 332 g/mol. The SMILES string of the molecule is COc1cc(C=CC(=O)Nc2cccc(F)c2F)cc(OC)c1OC. The van der Waals surface area contributed by atoms with E-state index >= 15 is 0 Å². The van der Waals surface area contributed by atoms with Crippen LogP contribution in [-0.4, -0.2) is 27.2 Å². The molecule has 0 radical (unpaired) electrons. The summed E-state index contributed by atoms with van der Waals surface area (Å²) in [6, 6.07) is 6.83. The van der Waals surface area contributed by atoms with Crippen LogP contribution in [0.5, 0.6) is 17.2 Å². The van der Waals surface area contributed by atoms with Crippen LogP contribution in [0.2, 0.25) is 0 Å². The van der Waals surface area contributed by atoms with Gasteiger partial charge in [0.05, 0.1) is 27.0 Å². The van der Waals surface area contributed by atoms with Crippen molar-refractivity contribution < 1.29 is 27.8 Å². The van der Waals surface area contributed by atoms with Crippen LogP contribution in [0, 0.1) is 11.6 Å². The number of nitrogens with one attached hydrogen (secondary N) is 1. The van der Waals surface area contributed by atoms with Crippen LogP contribution < -0.4 is 19.5 Å². The zero-order valence-corrected chi connectivity index (χ0v) is 13.9. The number of anilines is 1. The Bertz CT molecular complexity index is 781. The quantitative estimate of drug-likeness (QED) is 0.809. The summed E-state index contributed by atoms with van der Waals surface area (Å²) >= 11 is 0. The molecule has 25 heavy (non-hydrogen) atoms. The molecule has 7 heteroatoms. The third-order valence-electron chi connectivity index (χ3n) is 3.32. The lowest BCUT2D eigenvalue weighted by atomic mass is 10.1. The first-order valence-corrected chi connectivity index (χ1v) is 7.23. The first kappa shape index (κ1) is 18.3. The van der Waals surface area contributed by atoms with E-state index in [0.717, 1.165) is 6.07 Å². The van der Waals surface area contributed by atoms with Crippen molar-refractivity contribution in [2.24, 2.45) is 0 Å². The number of halogens is 2. The van der Waals surface area contributed by atoms with E-state index in [9.17, 15) is 13.6 Å². The van der Waals surface area contributed by atoms with Gasteiger partial charge >= 0.3 is 0 Å². The number of amides is 1. The van der Waals surface area contributed by atoms with Crippen molar-refractivity contribution in [1.82, 2.24) is 0 Å². The molecule has 0 aliphatic rings. The third kappa shape index (κ3) is 4.26. The van der Waals surface area contributed by atoms with Crippen molar-refractivity contribution >= 4 is 17.7 Å². The zero-order valence-electron chi connectivity index (χ0n) is 13.9. The number of ether oxygens (including phenoxy) is 3. The lowest BCUT2D eigenvalue weighted by Gasteiger charge is -2.12. The van der Waals surface area contributed by atoms with Crippen LogP contribution in [0.1, 0.15) is 5.56 Å². The average molecular weight is 349 g/mol. The molecule has 0 heterocycles. The predicted molar refractivity (Wildman–Crippen MR) is 90.1 cm³/mol. The van der Waals surface area contributed by atoms with Gasteiger partial charge in [-0.25, -0.2) is 8.78 Å². The number of benzene rings is 2. The number of hydrogen-bond acceptors (Lipinski definition) is 4. The van der Waals surface area contributed by atoms with Crippen LogP contribution in [0.3, 0.4) is 0 Å². The van der Waals surface area contributed by atoms with Crippen LogP contribution in [0.15, 0.2) is 36.4 Å². The van der Waals surface area contributed by atoms with E-state index in [-0.39, 0.29) is 5.69 Å². The van der Waals surface area contributed by atoms with Gasteiger partial charge in [-0.2, -0.15) is 0 Å². The number of carbonyl (C=O) groups is 1. The zero-order chi connectivity index (χ0) is 18.4. The molecule has 132 valence electrons. The van der Waals surface area contributed by atoms with Gasteiger partial charge in [-0.15, -0.1) is 0 Å². The Morgan fingerprint density at radius 3 is 2.24 bits per heavy atom. The highest BCUT2D eigenvalue weighted by molar-refractivity contribution is 6.02. The number of methoxy groups -OCH3 is 3. The molecule has 0 saturated carbocycles. The maximum atomic E-state index is 13.5. The van der Waals surface area contributed by atoms with Crippen molar-refractivity contribution in [1.29, 1.82) is 0 Å². The molecule has 0 saturated heterocycles. The molecule has 0 bridgehead atoms. The largest absolute Gasteiger partial charge is 0.493 e. The topological polar surface area (TPSA) is 56.8 Å². The van der Waals surface area contributed by atoms with Gasteiger partial charge in [-0.05, 0) is 35.9 Å². The fourth-order valence-corrected chi connectivity index (χ4v) is 2.14. The standard InChI is InChI=1S/C18H17F2NO4/c1-23-14-9-11(10-15(24-2)18(14)25-3)7-8-16(22)21-13-6-4-5-12(19)17(13)20/h4-10H,1-3H3,(H,21,22). The highest BCUT2D eigenvalue weighted by Crippen LogP contribution is 2.38. The molecule has 0 fully saturated rings. The summed E-state index contributed by atoms with van der Waals surface area (Å²) in [7, 11) is 4.44. The minimum absolute atomic E-state index is 0.237. The molecular formula is C18H17F2NO4. The summed E-state index contributed by atoms with van der Waals surface area (Å²) in [4.78, 5) is 11.9. The van der Waals surface area contributed by atoms with E-state index in [1.807, 2.05) is 0 Å². The Morgan fingerprint density at radius 1 is 1.04 bits per heavy atom. The van der Waals surface area contributed by atoms with Crippen molar-refractivity contribution in [2.45, 2.75) is 0 Å². The van der Waals surface area contributed by atoms with E-state index < -0.39 is 17.5 Å². The summed E-state index contributed by atoms with van der Waals surface area (Å²) in [5.74, 6) is -1.48. The average Bonchev–Trinajstić information content (AvgIpc) is 2.62. The van der Waals surface area contributed by atoms with Crippen LogP contribution >= 0.6 is 0 Å². The van der Waals surface area contributed by atoms with Crippen LogP contribution in [-0.2, 0) is 4.79 Å². The summed E-state index contributed by atoms with van der Waals surface area (Å²) < 4.78 is 42.3. The fraction of sp³-hybridized carbons (Fsp3) is 0.167. The molecule has 0 unspecified atom stereocenters. The van der Waals surface area contributed by atoms with E-state index in [1.165, 1.54) is 45.6 Å². The maximum absolute atomic E-state index is 13.5. The summed E-state index contributed by atoms with van der Waals surface area (Å²) in [5, 5.41) is 2.27. The smallest absolute Gasteiger partial charge is 0.248 e. The summed E-state index contributed by atoms with van der Waals surface area (Å²) in [6.07, 6.45) is 2.67. The second kappa shape index (κ2) is 8.14. The minimum atomic E-state index is -1.11. The first-order chi connectivity index (χ1) is 12.0. The molecule has 5 nitrogen and oxygen atoms in total. The third-order valence-corrected chi connectivity index (χ3v) is 3.32. The second-order valence-corrected chi connectivity index (χ2v) is 4.88. The molecule has 0 aromatic heterocycles. The van der Waals surface area contributed by atoms with E-state index in [2.05, 4.69) is 5.32 Å². The number of rotatable bonds is 6. The normalized spacial score (nSPS) is 10.6. The molecule has 2 aromatic rings. The molecule has 0 spiro atoms. The molecule has 0 aliphatic heterocycles. The van der Waals surface area contributed by atoms with Crippen molar-refractivity contribution in [3.8, 4) is 17.2 Å². The monoisotopic (exact) mass is 349 g/mol.